The van der Waals surface area contributed by atoms with Crippen LogP contribution in [0.1, 0.15) is 16.8 Å². The molecule has 0 saturated carbocycles. The van der Waals surface area contributed by atoms with Crippen LogP contribution in [0.2, 0.25) is 0 Å². The van der Waals surface area contributed by atoms with Crippen LogP contribution in [0.25, 0.3) is 0 Å². The lowest BCUT2D eigenvalue weighted by Gasteiger charge is -2.22. The van der Waals surface area contributed by atoms with E-state index in [2.05, 4.69) is 0 Å². The Labute approximate surface area is 138 Å². The van der Waals surface area contributed by atoms with Crippen molar-refractivity contribution in [3.8, 4) is 0 Å². The first kappa shape index (κ1) is 16.1. The van der Waals surface area contributed by atoms with Crippen LogP contribution in [0.5, 0.6) is 0 Å². The molecule has 2 amide bonds. The predicted octanol–water partition coefficient (Wildman–Crippen LogP) is 2.84. The van der Waals surface area contributed by atoms with E-state index in [1.165, 1.54) is 11.0 Å². The molecule has 6 heteroatoms. The fourth-order valence-electron chi connectivity index (χ4n) is 2.74. The van der Waals surface area contributed by atoms with E-state index in [0.717, 1.165) is 17.8 Å². The molecule has 124 valence electrons. The van der Waals surface area contributed by atoms with Crippen LogP contribution < -0.4 is 4.90 Å². The summed E-state index contributed by atoms with van der Waals surface area (Å²) in [5.41, 5.74) is 0.819. The molecule has 0 aliphatic carbocycles. The summed E-state index contributed by atoms with van der Waals surface area (Å²) in [5, 5.41) is 0. The quantitative estimate of drug-likeness (QED) is 0.849. The van der Waals surface area contributed by atoms with Crippen LogP contribution in [0.4, 0.5) is 14.5 Å². The van der Waals surface area contributed by atoms with Gasteiger partial charge in [-0.2, -0.15) is 0 Å². The highest BCUT2D eigenvalue weighted by atomic mass is 19.2. The van der Waals surface area contributed by atoms with Gasteiger partial charge in [0.1, 0.15) is 6.54 Å². The van der Waals surface area contributed by atoms with E-state index in [0.29, 0.717) is 19.5 Å². The minimum Gasteiger partial charge on any atom is -0.329 e. The predicted molar refractivity (Wildman–Crippen MR) is 85.7 cm³/mol. The van der Waals surface area contributed by atoms with Crippen LogP contribution in [0, 0.1) is 11.6 Å². The number of amides is 2. The summed E-state index contributed by atoms with van der Waals surface area (Å²) in [6.45, 7) is 0.796. The van der Waals surface area contributed by atoms with Crippen molar-refractivity contribution in [2.45, 2.75) is 6.42 Å². The molecule has 0 atom stereocenters. The number of nitrogens with zero attached hydrogens (tertiary/aromatic N) is 2. The maximum Gasteiger partial charge on any atom is 0.254 e. The van der Waals surface area contributed by atoms with Gasteiger partial charge in [-0.1, -0.05) is 18.2 Å². The second kappa shape index (κ2) is 6.78. The van der Waals surface area contributed by atoms with Gasteiger partial charge in [0.05, 0.1) is 0 Å². The second-order valence-corrected chi connectivity index (χ2v) is 5.59. The molecule has 1 aliphatic heterocycles. The lowest BCUT2D eigenvalue weighted by Crippen LogP contribution is -2.39. The summed E-state index contributed by atoms with van der Waals surface area (Å²) in [7, 11) is 0. The Kier molecular flexibility index (Phi) is 4.55. The summed E-state index contributed by atoms with van der Waals surface area (Å²) in [6, 6.07) is 12.2. The number of hydrogen-bond donors (Lipinski definition) is 0. The molecule has 0 spiro atoms. The fraction of sp³-hybridized carbons (Fsp3) is 0.222. The Morgan fingerprint density at radius 1 is 0.958 bits per heavy atom. The van der Waals surface area contributed by atoms with E-state index in [9.17, 15) is 18.4 Å². The lowest BCUT2D eigenvalue weighted by atomic mass is 10.2. The third-order valence-corrected chi connectivity index (χ3v) is 3.96. The van der Waals surface area contributed by atoms with Gasteiger partial charge in [-0.25, -0.2) is 8.78 Å². The molecule has 1 aliphatic rings. The number of anilines is 1. The van der Waals surface area contributed by atoms with Crippen molar-refractivity contribution in [2.75, 3.05) is 24.5 Å². The summed E-state index contributed by atoms with van der Waals surface area (Å²) in [5.74, 6) is -2.76. The summed E-state index contributed by atoms with van der Waals surface area (Å²) < 4.78 is 26.3. The highest BCUT2D eigenvalue weighted by Gasteiger charge is 2.26. The van der Waals surface area contributed by atoms with Gasteiger partial charge in [0.2, 0.25) is 5.91 Å². The summed E-state index contributed by atoms with van der Waals surface area (Å²) in [6.07, 6.45) is 0.607. The van der Waals surface area contributed by atoms with Crippen molar-refractivity contribution in [2.24, 2.45) is 0 Å². The molecule has 0 bridgehead atoms. The number of carbonyl (C=O) groups excluding carboxylic acids is 2. The Morgan fingerprint density at radius 2 is 1.71 bits per heavy atom. The molecule has 24 heavy (non-hydrogen) atoms. The van der Waals surface area contributed by atoms with Gasteiger partial charge in [0.15, 0.2) is 11.6 Å². The number of rotatable bonds is 2. The molecule has 1 heterocycles. The molecule has 3 rings (SSSR count). The molecule has 0 aromatic heterocycles. The largest absolute Gasteiger partial charge is 0.329 e. The van der Waals surface area contributed by atoms with Crippen molar-refractivity contribution in [3.05, 3.63) is 65.7 Å². The van der Waals surface area contributed by atoms with Crippen molar-refractivity contribution < 1.29 is 18.4 Å². The number of benzene rings is 2. The Hall–Kier alpha value is -2.76. The number of carbonyl (C=O) groups is 2. The minimum absolute atomic E-state index is 0.0369. The maximum atomic E-state index is 13.3. The molecule has 0 unspecified atom stereocenters. The van der Waals surface area contributed by atoms with Crippen LogP contribution in [-0.4, -0.2) is 36.3 Å². The number of hydrogen-bond acceptors (Lipinski definition) is 2. The van der Waals surface area contributed by atoms with Crippen LogP contribution in [-0.2, 0) is 4.79 Å². The van der Waals surface area contributed by atoms with Gasteiger partial charge in [0, 0.05) is 24.3 Å². The van der Waals surface area contributed by atoms with Crippen LogP contribution in [0.3, 0.4) is 0 Å². The zero-order valence-corrected chi connectivity index (χ0v) is 12.9. The van der Waals surface area contributed by atoms with E-state index in [-0.39, 0.29) is 18.0 Å². The van der Waals surface area contributed by atoms with E-state index in [4.69, 9.17) is 0 Å². The molecule has 4 nitrogen and oxygen atoms in total. The minimum atomic E-state index is -1.08. The van der Waals surface area contributed by atoms with Gasteiger partial charge in [-0.15, -0.1) is 0 Å². The Morgan fingerprint density at radius 3 is 2.42 bits per heavy atom. The third kappa shape index (κ3) is 3.27. The lowest BCUT2D eigenvalue weighted by molar-refractivity contribution is -0.118. The zero-order valence-electron chi connectivity index (χ0n) is 12.9. The smallest absolute Gasteiger partial charge is 0.254 e. The molecule has 0 N–H and O–H groups in total. The molecule has 1 saturated heterocycles. The molecule has 2 aromatic rings. The number of para-hydroxylation sites is 1. The average Bonchev–Trinajstić information content (AvgIpc) is 2.79. The molecular formula is C18H16F2N2O2. The number of halogens is 2. The molecule has 2 aromatic carbocycles. The first-order valence-electron chi connectivity index (χ1n) is 7.66. The van der Waals surface area contributed by atoms with Gasteiger partial charge in [-0.3, -0.25) is 9.59 Å². The van der Waals surface area contributed by atoms with Crippen LogP contribution in [0.15, 0.2) is 48.5 Å². The zero-order chi connectivity index (χ0) is 17.1. The van der Waals surface area contributed by atoms with Gasteiger partial charge >= 0.3 is 0 Å². The highest BCUT2D eigenvalue weighted by Crippen LogP contribution is 2.18. The van der Waals surface area contributed by atoms with E-state index < -0.39 is 17.5 Å². The maximum absolute atomic E-state index is 13.3. The van der Waals surface area contributed by atoms with Crippen molar-refractivity contribution in [1.29, 1.82) is 0 Å². The van der Waals surface area contributed by atoms with E-state index in [1.54, 1.807) is 4.90 Å². The van der Waals surface area contributed by atoms with Gasteiger partial charge in [-0.05, 0) is 36.8 Å². The Bertz CT molecular complexity index is 765. The highest BCUT2D eigenvalue weighted by molar-refractivity contribution is 6.00. The normalized spacial score (nSPS) is 15.3. The summed E-state index contributed by atoms with van der Waals surface area (Å²) in [4.78, 5) is 28.0. The average molecular weight is 330 g/mol. The standard InChI is InChI=1S/C18H16F2N2O2/c19-15-8-7-13(11-16(15)20)18(24)21-9-4-10-22(17(23)12-21)14-5-2-1-3-6-14/h1-3,5-8,11H,4,9-10,12H2. The van der Waals surface area contributed by atoms with Gasteiger partial charge in [0.25, 0.3) is 5.91 Å². The SMILES string of the molecule is O=C(c1ccc(F)c(F)c1)N1CCCN(c2ccccc2)C(=O)C1. The van der Waals surface area contributed by atoms with Gasteiger partial charge < -0.3 is 9.80 Å². The first-order valence-corrected chi connectivity index (χ1v) is 7.66. The Balaban J connectivity index is 1.77. The van der Waals surface area contributed by atoms with Crippen LogP contribution >= 0.6 is 0 Å². The van der Waals surface area contributed by atoms with E-state index >= 15 is 0 Å². The van der Waals surface area contributed by atoms with Crippen molar-refractivity contribution in [1.82, 2.24) is 4.90 Å². The molecule has 1 fully saturated rings. The third-order valence-electron chi connectivity index (χ3n) is 3.96. The second-order valence-electron chi connectivity index (χ2n) is 5.59. The fourth-order valence-corrected chi connectivity index (χ4v) is 2.74. The monoisotopic (exact) mass is 330 g/mol. The molecular weight excluding hydrogens is 314 g/mol. The van der Waals surface area contributed by atoms with E-state index in [1.807, 2.05) is 30.3 Å². The van der Waals surface area contributed by atoms with Crippen molar-refractivity contribution >= 4 is 17.5 Å². The summed E-state index contributed by atoms with van der Waals surface area (Å²) >= 11 is 0. The topological polar surface area (TPSA) is 40.6 Å². The first-order chi connectivity index (χ1) is 11.6. The van der Waals surface area contributed by atoms with Crippen molar-refractivity contribution in [3.63, 3.8) is 0 Å². The molecule has 0 radical (unpaired) electrons.